The molecule has 0 saturated carbocycles. The zero-order chi connectivity index (χ0) is 22.8. The second-order valence-electron chi connectivity index (χ2n) is 7.44. The van der Waals surface area contributed by atoms with Crippen LogP contribution in [0.4, 0.5) is 23.2 Å². The first kappa shape index (κ1) is 22.7. The Bertz CT molecular complexity index is 1110. The van der Waals surface area contributed by atoms with Gasteiger partial charge in [0.05, 0.1) is 18.3 Å². The summed E-state index contributed by atoms with van der Waals surface area (Å²) in [5.41, 5.74) is -1.40. The van der Waals surface area contributed by atoms with Crippen LogP contribution in [0.25, 0.3) is 10.9 Å². The van der Waals surface area contributed by atoms with Crippen LogP contribution in [0, 0.1) is 12.7 Å². The van der Waals surface area contributed by atoms with Crippen LogP contribution in [0.3, 0.4) is 0 Å². The number of para-hydroxylation sites is 1. The molecule has 1 heterocycles. The molecule has 3 aromatic rings. The number of fused-ring (bicyclic) bond motifs is 1. The Labute approximate surface area is 177 Å². The van der Waals surface area contributed by atoms with Gasteiger partial charge in [-0.25, -0.2) is 4.39 Å². The highest BCUT2D eigenvalue weighted by Crippen LogP contribution is 2.40. The fraction of sp³-hybridized carbons (Fsp3) is 0.304. The lowest BCUT2D eigenvalue weighted by Gasteiger charge is -2.30. The molecule has 0 aliphatic rings. The highest BCUT2D eigenvalue weighted by Gasteiger charge is 2.53. The Kier molecular flexibility index (Phi) is 6.31. The van der Waals surface area contributed by atoms with Crippen molar-refractivity contribution in [3.8, 4) is 5.75 Å². The fourth-order valence-corrected chi connectivity index (χ4v) is 3.48. The van der Waals surface area contributed by atoms with Crippen LogP contribution in [-0.2, 0) is 0 Å². The Morgan fingerprint density at radius 1 is 1.13 bits per heavy atom. The number of alkyl halides is 3. The Morgan fingerprint density at radius 3 is 2.52 bits per heavy atom. The molecule has 1 aromatic heterocycles. The van der Waals surface area contributed by atoms with Crippen molar-refractivity contribution in [2.24, 2.45) is 4.99 Å². The number of hydrogen-bond acceptors (Lipinski definition) is 4. The third-order valence-electron chi connectivity index (χ3n) is 5.11. The van der Waals surface area contributed by atoms with Gasteiger partial charge < -0.3 is 9.84 Å². The average Bonchev–Trinajstić information content (AvgIpc) is 2.70. The smallest absolute Gasteiger partial charge is 0.422 e. The van der Waals surface area contributed by atoms with E-state index in [9.17, 15) is 22.7 Å². The number of halogens is 4. The topological polar surface area (TPSA) is 54.7 Å². The normalized spacial score (nSPS) is 15.2. The number of methoxy groups -OCH3 is 1. The van der Waals surface area contributed by atoms with Gasteiger partial charge in [0.2, 0.25) is 0 Å². The van der Waals surface area contributed by atoms with Gasteiger partial charge in [-0.05, 0) is 49.6 Å². The van der Waals surface area contributed by atoms with E-state index in [4.69, 9.17) is 4.74 Å². The van der Waals surface area contributed by atoms with E-state index in [0.717, 1.165) is 11.8 Å². The average molecular weight is 434 g/mol. The first-order valence-electron chi connectivity index (χ1n) is 9.59. The van der Waals surface area contributed by atoms with Gasteiger partial charge in [0, 0.05) is 22.9 Å². The minimum absolute atomic E-state index is 0.146. The van der Waals surface area contributed by atoms with E-state index < -0.39 is 29.9 Å². The molecule has 2 unspecified atom stereocenters. The predicted molar refractivity (Wildman–Crippen MR) is 112 cm³/mol. The van der Waals surface area contributed by atoms with E-state index in [1.165, 1.54) is 26.2 Å². The molecular weight excluding hydrogens is 412 g/mol. The van der Waals surface area contributed by atoms with Gasteiger partial charge in [0.1, 0.15) is 0 Å². The van der Waals surface area contributed by atoms with Crippen molar-refractivity contribution in [1.29, 1.82) is 0 Å². The third-order valence-corrected chi connectivity index (χ3v) is 5.11. The number of nitrogens with zero attached hydrogens (tertiary/aromatic N) is 2. The second kappa shape index (κ2) is 8.63. The molecule has 0 bridgehead atoms. The fourth-order valence-electron chi connectivity index (χ4n) is 3.48. The molecule has 3 rings (SSSR count). The van der Waals surface area contributed by atoms with Crippen molar-refractivity contribution in [3.05, 3.63) is 65.6 Å². The van der Waals surface area contributed by atoms with Gasteiger partial charge in [-0.2, -0.15) is 13.2 Å². The third kappa shape index (κ3) is 4.69. The summed E-state index contributed by atoms with van der Waals surface area (Å²) in [5.74, 6) is -1.71. The van der Waals surface area contributed by atoms with Crippen LogP contribution >= 0.6 is 0 Å². The van der Waals surface area contributed by atoms with E-state index in [1.807, 2.05) is 0 Å². The molecule has 1 N–H and O–H groups in total. The lowest BCUT2D eigenvalue weighted by Crippen LogP contribution is -2.47. The maximum Gasteiger partial charge on any atom is 0.422 e. The van der Waals surface area contributed by atoms with Crippen LogP contribution in [0.1, 0.15) is 30.5 Å². The van der Waals surface area contributed by atoms with Crippen molar-refractivity contribution in [2.45, 2.75) is 38.0 Å². The van der Waals surface area contributed by atoms with E-state index in [0.29, 0.717) is 17.1 Å². The molecular formula is C23H22F4N2O2. The molecule has 0 aliphatic heterocycles. The Balaban J connectivity index is 1.98. The quantitative estimate of drug-likeness (QED) is 0.389. The molecule has 2 atom stereocenters. The molecule has 0 fully saturated rings. The molecule has 2 aromatic carbocycles. The second-order valence-corrected chi connectivity index (χ2v) is 7.44. The summed E-state index contributed by atoms with van der Waals surface area (Å²) >= 11 is 0. The van der Waals surface area contributed by atoms with Gasteiger partial charge in [-0.15, -0.1) is 0 Å². The minimum atomic E-state index is -5.00. The summed E-state index contributed by atoms with van der Waals surface area (Å²) in [6.07, 6.45) is -5.25. The van der Waals surface area contributed by atoms with Crippen LogP contribution in [-0.4, -0.2) is 35.2 Å². The molecule has 4 nitrogen and oxygen atoms in total. The largest absolute Gasteiger partial charge is 0.493 e. The van der Waals surface area contributed by atoms with Crippen LogP contribution < -0.4 is 4.74 Å². The van der Waals surface area contributed by atoms with E-state index >= 15 is 0 Å². The summed E-state index contributed by atoms with van der Waals surface area (Å²) in [6.45, 7) is 3.27. The SMILES string of the molecule is COc1c(F)cccc1C(C)CC(O)(/C=N\c1cccc2nc(C)ccc12)C(F)(F)F. The summed E-state index contributed by atoms with van der Waals surface area (Å²) in [4.78, 5) is 8.31. The molecule has 31 heavy (non-hydrogen) atoms. The highest BCUT2D eigenvalue weighted by molar-refractivity contribution is 5.92. The van der Waals surface area contributed by atoms with Crippen molar-refractivity contribution in [2.75, 3.05) is 7.11 Å². The number of aliphatic hydroxyl groups is 1. The summed E-state index contributed by atoms with van der Waals surface area (Å²) < 4.78 is 60.5. The van der Waals surface area contributed by atoms with Gasteiger partial charge in [0.15, 0.2) is 17.2 Å². The molecule has 0 aliphatic carbocycles. The Morgan fingerprint density at radius 2 is 1.84 bits per heavy atom. The number of aliphatic imine (C=N–C) groups is 1. The first-order chi connectivity index (χ1) is 14.6. The number of benzene rings is 2. The number of hydrogen-bond donors (Lipinski definition) is 1. The van der Waals surface area contributed by atoms with E-state index in [2.05, 4.69) is 9.98 Å². The van der Waals surface area contributed by atoms with Crippen LogP contribution in [0.2, 0.25) is 0 Å². The van der Waals surface area contributed by atoms with Gasteiger partial charge in [-0.3, -0.25) is 9.98 Å². The standard InChI is InChI=1S/C23H22F4N2O2/c1-14(16-6-4-7-18(24)21(16)31-3)12-22(30,23(25,26)27)13-28-19-8-5-9-20-17(19)11-10-15(2)29-20/h4-11,13-14,30H,12H2,1-3H3/b28-13-. The predicted octanol–water partition coefficient (Wildman–Crippen LogP) is 5.88. The molecule has 164 valence electrons. The lowest BCUT2D eigenvalue weighted by molar-refractivity contribution is -0.231. The van der Waals surface area contributed by atoms with Gasteiger partial charge in [-0.1, -0.05) is 25.1 Å². The molecule has 0 saturated heterocycles. The number of pyridine rings is 1. The number of aromatic nitrogens is 1. The van der Waals surface area contributed by atoms with Crippen LogP contribution in [0.15, 0.2) is 53.5 Å². The molecule has 0 radical (unpaired) electrons. The van der Waals surface area contributed by atoms with Crippen molar-refractivity contribution in [3.63, 3.8) is 0 Å². The number of ether oxygens (including phenoxy) is 1. The lowest BCUT2D eigenvalue weighted by atomic mass is 9.86. The zero-order valence-corrected chi connectivity index (χ0v) is 17.2. The van der Waals surface area contributed by atoms with Gasteiger partial charge in [0.25, 0.3) is 0 Å². The Hall–Kier alpha value is -3.00. The van der Waals surface area contributed by atoms with Crippen molar-refractivity contribution >= 4 is 22.8 Å². The highest BCUT2D eigenvalue weighted by atomic mass is 19.4. The van der Waals surface area contributed by atoms with Crippen molar-refractivity contribution in [1.82, 2.24) is 4.98 Å². The van der Waals surface area contributed by atoms with E-state index in [1.54, 1.807) is 37.3 Å². The number of aryl methyl sites for hydroxylation is 1. The zero-order valence-electron chi connectivity index (χ0n) is 17.2. The molecule has 0 spiro atoms. The minimum Gasteiger partial charge on any atom is -0.493 e. The first-order valence-corrected chi connectivity index (χ1v) is 9.59. The van der Waals surface area contributed by atoms with Crippen LogP contribution in [0.5, 0.6) is 5.75 Å². The monoisotopic (exact) mass is 434 g/mol. The summed E-state index contributed by atoms with van der Waals surface area (Å²) in [7, 11) is 1.24. The summed E-state index contributed by atoms with van der Waals surface area (Å²) in [5, 5.41) is 11.1. The maximum absolute atomic E-state index is 14.0. The van der Waals surface area contributed by atoms with Gasteiger partial charge >= 0.3 is 6.18 Å². The summed E-state index contributed by atoms with van der Waals surface area (Å²) in [6, 6.07) is 12.4. The molecule has 0 amide bonds. The van der Waals surface area contributed by atoms with E-state index in [-0.39, 0.29) is 17.0 Å². The van der Waals surface area contributed by atoms with Crippen molar-refractivity contribution < 1.29 is 27.4 Å². The molecule has 8 heteroatoms. The number of rotatable bonds is 6. The maximum atomic E-state index is 14.0.